The number of carbonyl (C=O) groups excluding carboxylic acids is 1. The van der Waals surface area contributed by atoms with E-state index in [0.717, 1.165) is 19.5 Å². The first kappa shape index (κ1) is 15.1. The maximum absolute atomic E-state index is 12.2. The van der Waals surface area contributed by atoms with Gasteiger partial charge in [0.25, 0.3) is 0 Å². The molecule has 2 saturated heterocycles. The highest BCUT2D eigenvalue weighted by Crippen LogP contribution is 2.14. The van der Waals surface area contributed by atoms with E-state index in [9.17, 15) is 9.59 Å². The fourth-order valence-corrected chi connectivity index (χ4v) is 2.82. The number of morpholine rings is 1. The summed E-state index contributed by atoms with van der Waals surface area (Å²) in [4.78, 5) is 26.8. The van der Waals surface area contributed by atoms with E-state index in [-0.39, 0.29) is 18.5 Å². The van der Waals surface area contributed by atoms with Crippen molar-refractivity contribution in [3.8, 4) is 0 Å². The molecule has 2 unspecified atom stereocenters. The minimum Gasteiger partial charge on any atom is -0.481 e. The molecule has 0 bridgehead atoms. The number of hydrogen-bond donors (Lipinski definition) is 2. The van der Waals surface area contributed by atoms with E-state index in [0.29, 0.717) is 32.2 Å². The molecule has 7 heteroatoms. The summed E-state index contributed by atoms with van der Waals surface area (Å²) in [7, 11) is 2.08. The van der Waals surface area contributed by atoms with Gasteiger partial charge in [-0.15, -0.1) is 0 Å². The molecule has 2 rings (SSSR count). The molecule has 0 aromatic carbocycles. The van der Waals surface area contributed by atoms with Crippen LogP contribution >= 0.6 is 0 Å². The number of rotatable bonds is 4. The lowest BCUT2D eigenvalue weighted by atomic mass is 10.1. The first-order valence-corrected chi connectivity index (χ1v) is 7.09. The second-order valence-corrected chi connectivity index (χ2v) is 5.62. The number of aliphatic carboxylic acids is 1. The van der Waals surface area contributed by atoms with E-state index in [1.165, 1.54) is 0 Å². The second-order valence-electron chi connectivity index (χ2n) is 5.62. The average molecular weight is 285 g/mol. The molecule has 0 spiro atoms. The molecule has 2 fully saturated rings. The van der Waals surface area contributed by atoms with Crippen molar-refractivity contribution in [1.29, 1.82) is 0 Å². The summed E-state index contributed by atoms with van der Waals surface area (Å²) in [6.45, 7) is 3.94. The molecule has 2 amide bonds. The van der Waals surface area contributed by atoms with Crippen LogP contribution in [0.3, 0.4) is 0 Å². The Kier molecular flexibility index (Phi) is 5.19. The van der Waals surface area contributed by atoms with Crippen molar-refractivity contribution in [2.75, 3.05) is 46.4 Å². The van der Waals surface area contributed by atoms with Gasteiger partial charge in [0.15, 0.2) is 0 Å². The Morgan fingerprint density at radius 2 is 2.20 bits per heavy atom. The van der Waals surface area contributed by atoms with Crippen molar-refractivity contribution in [2.24, 2.45) is 5.92 Å². The molecule has 0 aromatic rings. The Morgan fingerprint density at radius 1 is 1.40 bits per heavy atom. The number of nitrogens with one attached hydrogen (secondary N) is 1. The summed E-state index contributed by atoms with van der Waals surface area (Å²) >= 11 is 0. The number of hydrogen-bond acceptors (Lipinski definition) is 4. The lowest BCUT2D eigenvalue weighted by Crippen LogP contribution is -2.53. The van der Waals surface area contributed by atoms with Crippen molar-refractivity contribution in [1.82, 2.24) is 15.1 Å². The molecular formula is C13H23N3O4. The number of carbonyl (C=O) groups is 2. The van der Waals surface area contributed by atoms with Crippen LogP contribution < -0.4 is 5.32 Å². The molecule has 114 valence electrons. The van der Waals surface area contributed by atoms with Crippen LogP contribution in [0.25, 0.3) is 0 Å². The van der Waals surface area contributed by atoms with E-state index < -0.39 is 5.97 Å². The molecule has 2 atom stereocenters. The fourth-order valence-electron chi connectivity index (χ4n) is 2.82. The Labute approximate surface area is 118 Å². The highest BCUT2D eigenvalue weighted by molar-refractivity contribution is 5.76. The van der Waals surface area contributed by atoms with E-state index in [1.54, 1.807) is 4.90 Å². The maximum atomic E-state index is 12.2. The summed E-state index contributed by atoms with van der Waals surface area (Å²) in [6, 6.07) is -0.540. The zero-order chi connectivity index (χ0) is 14.5. The molecule has 0 aliphatic carbocycles. The van der Waals surface area contributed by atoms with Crippen molar-refractivity contribution >= 4 is 12.0 Å². The van der Waals surface area contributed by atoms with Gasteiger partial charge in [-0.2, -0.15) is 0 Å². The molecule has 0 radical (unpaired) electrons. The SMILES string of the molecule is CN1CCC(CNC(=O)N2CCOCC2CC(=O)O)C1. The average Bonchev–Trinajstić information content (AvgIpc) is 2.82. The monoisotopic (exact) mass is 285 g/mol. The summed E-state index contributed by atoms with van der Waals surface area (Å²) in [5.74, 6) is -0.418. The van der Waals surface area contributed by atoms with Crippen LogP contribution in [0.15, 0.2) is 0 Å². The second kappa shape index (κ2) is 6.90. The van der Waals surface area contributed by atoms with Crippen molar-refractivity contribution in [2.45, 2.75) is 18.9 Å². The number of carboxylic acids is 1. The molecule has 2 N–H and O–H groups in total. The molecule has 7 nitrogen and oxygen atoms in total. The zero-order valence-corrected chi connectivity index (χ0v) is 11.9. The van der Waals surface area contributed by atoms with Crippen LogP contribution in [-0.2, 0) is 9.53 Å². The summed E-state index contributed by atoms with van der Waals surface area (Å²) in [5, 5.41) is 11.8. The molecule has 2 aliphatic heterocycles. The molecular weight excluding hydrogens is 262 g/mol. The number of ether oxygens (including phenoxy) is 1. The first-order chi connectivity index (χ1) is 9.56. The standard InChI is InChI=1S/C13H23N3O4/c1-15-3-2-10(8-15)7-14-13(19)16-4-5-20-9-11(16)6-12(17)18/h10-11H,2-9H2,1H3,(H,14,19)(H,17,18). The number of amides is 2. The maximum Gasteiger partial charge on any atom is 0.317 e. The van der Waals surface area contributed by atoms with Gasteiger partial charge in [-0.25, -0.2) is 4.79 Å². The van der Waals surface area contributed by atoms with E-state index in [2.05, 4.69) is 17.3 Å². The lowest BCUT2D eigenvalue weighted by Gasteiger charge is -2.35. The number of carboxylic acid groups (broad SMARTS) is 1. The number of nitrogens with zero attached hydrogens (tertiary/aromatic N) is 2. The largest absolute Gasteiger partial charge is 0.481 e. The van der Waals surface area contributed by atoms with E-state index in [1.807, 2.05) is 0 Å². The van der Waals surface area contributed by atoms with Gasteiger partial charge in [0.2, 0.25) is 0 Å². The predicted molar refractivity (Wildman–Crippen MR) is 72.6 cm³/mol. The predicted octanol–water partition coefficient (Wildman–Crippen LogP) is -0.177. The highest BCUT2D eigenvalue weighted by Gasteiger charge is 2.29. The minimum atomic E-state index is -0.907. The third kappa shape index (κ3) is 4.08. The molecule has 20 heavy (non-hydrogen) atoms. The first-order valence-electron chi connectivity index (χ1n) is 7.09. The molecule has 0 aromatic heterocycles. The Hall–Kier alpha value is -1.34. The Bertz CT molecular complexity index is 364. The smallest absolute Gasteiger partial charge is 0.317 e. The van der Waals surface area contributed by atoms with Crippen LogP contribution in [-0.4, -0.2) is 79.4 Å². The van der Waals surface area contributed by atoms with Gasteiger partial charge in [0.05, 0.1) is 25.7 Å². The topological polar surface area (TPSA) is 82.1 Å². The van der Waals surface area contributed by atoms with Crippen LogP contribution in [0.5, 0.6) is 0 Å². The van der Waals surface area contributed by atoms with Gasteiger partial charge in [0, 0.05) is 19.6 Å². The van der Waals surface area contributed by atoms with E-state index in [4.69, 9.17) is 9.84 Å². The normalized spacial score (nSPS) is 27.6. The van der Waals surface area contributed by atoms with Crippen molar-refractivity contribution < 1.29 is 19.4 Å². The number of urea groups is 1. The quantitative estimate of drug-likeness (QED) is 0.749. The van der Waals surface area contributed by atoms with Crippen LogP contribution in [0.1, 0.15) is 12.8 Å². The van der Waals surface area contributed by atoms with Crippen molar-refractivity contribution in [3.63, 3.8) is 0 Å². The van der Waals surface area contributed by atoms with Gasteiger partial charge < -0.3 is 25.0 Å². The third-order valence-corrected chi connectivity index (χ3v) is 3.93. The van der Waals surface area contributed by atoms with Gasteiger partial charge in [-0.05, 0) is 25.9 Å². The summed E-state index contributed by atoms with van der Waals surface area (Å²) in [5.41, 5.74) is 0. The van der Waals surface area contributed by atoms with Gasteiger partial charge in [-0.1, -0.05) is 0 Å². The fraction of sp³-hybridized carbons (Fsp3) is 0.846. The Balaban J connectivity index is 1.81. The lowest BCUT2D eigenvalue weighted by molar-refractivity contribution is -0.139. The van der Waals surface area contributed by atoms with Gasteiger partial charge >= 0.3 is 12.0 Å². The van der Waals surface area contributed by atoms with Crippen LogP contribution in [0.2, 0.25) is 0 Å². The molecule has 0 saturated carbocycles. The van der Waals surface area contributed by atoms with Crippen molar-refractivity contribution in [3.05, 3.63) is 0 Å². The van der Waals surface area contributed by atoms with Gasteiger partial charge in [0.1, 0.15) is 0 Å². The van der Waals surface area contributed by atoms with Gasteiger partial charge in [-0.3, -0.25) is 4.79 Å². The molecule has 2 heterocycles. The number of likely N-dealkylation sites (tertiary alicyclic amines) is 1. The van der Waals surface area contributed by atoms with Crippen LogP contribution in [0, 0.1) is 5.92 Å². The summed E-state index contributed by atoms with van der Waals surface area (Å²) < 4.78 is 5.26. The van der Waals surface area contributed by atoms with E-state index >= 15 is 0 Å². The third-order valence-electron chi connectivity index (χ3n) is 3.93. The Morgan fingerprint density at radius 3 is 2.85 bits per heavy atom. The zero-order valence-electron chi connectivity index (χ0n) is 11.9. The molecule has 2 aliphatic rings. The minimum absolute atomic E-state index is 0.0699. The van der Waals surface area contributed by atoms with Crippen LogP contribution in [0.4, 0.5) is 4.79 Å². The summed E-state index contributed by atoms with van der Waals surface area (Å²) in [6.07, 6.45) is 1.03. The highest BCUT2D eigenvalue weighted by atomic mass is 16.5.